The molecule has 0 radical (unpaired) electrons. The summed E-state index contributed by atoms with van der Waals surface area (Å²) in [6.07, 6.45) is 5.43. The van der Waals surface area contributed by atoms with Crippen molar-refractivity contribution in [1.82, 2.24) is 19.9 Å². The molecule has 8 nitrogen and oxygen atoms in total. The molecule has 1 saturated heterocycles. The maximum absolute atomic E-state index is 13.9. The number of nitrogens with zero attached hydrogens (tertiary/aromatic N) is 4. The van der Waals surface area contributed by atoms with Crippen LogP contribution in [0.5, 0.6) is 0 Å². The predicted molar refractivity (Wildman–Crippen MR) is 117 cm³/mol. The molecule has 32 heavy (non-hydrogen) atoms. The summed E-state index contributed by atoms with van der Waals surface area (Å²) in [6.45, 7) is 2.27. The molecule has 0 unspecified atom stereocenters. The minimum Gasteiger partial charge on any atom is -0.384 e. The van der Waals surface area contributed by atoms with E-state index >= 15 is 0 Å². The van der Waals surface area contributed by atoms with Crippen LogP contribution in [0, 0.1) is 12.7 Å². The van der Waals surface area contributed by atoms with Gasteiger partial charge in [0.2, 0.25) is 0 Å². The molecular formula is C23H23FN6O2. The molecule has 0 aliphatic carbocycles. The van der Waals surface area contributed by atoms with E-state index in [1.54, 1.807) is 36.1 Å². The van der Waals surface area contributed by atoms with Crippen LogP contribution in [0.4, 0.5) is 15.9 Å². The Morgan fingerprint density at radius 3 is 2.66 bits per heavy atom. The molecule has 1 aliphatic heterocycles. The Morgan fingerprint density at radius 1 is 1.12 bits per heavy atom. The average molecular weight is 434 g/mol. The molecule has 0 bridgehead atoms. The van der Waals surface area contributed by atoms with Gasteiger partial charge in [-0.15, -0.1) is 0 Å². The Morgan fingerprint density at radius 2 is 1.94 bits per heavy atom. The average Bonchev–Trinajstić information content (AvgIpc) is 2.80. The van der Waals surface area contributed by atoms with Crippen LogP contribution < -0.4 is 11.1 Å². The van der Waals surface area contributed by atoms with Crippen molar-refractivity contribution in [2.45, 2.75) is 32.2 Å². The Labute approximate surface area is 184 Å². The predicted octanol–water partition coefficient (Wildman–Crippen LogP) is 3.52. The standard InChI is InChI=1S/C23H23FN6O2/c1-14-16(22(31)29-18-7-3-2-6-17(18)24)13-27-21(28-14)19-8-4-5-11-30(19)23(32)15-9-10-20(25)26-12-15/h2-3,6-7,9-10,12-13,19H,4-5,8,11H2,1H3,(H2,25,26)(H,29,31)/t19-/m1/s1. The van der Waals surface area contributed by atoms with E-state index in [1.807, 2.05) is 0 Å². The van der Waals surface area contributed by atoms with E-state index < -0.39 is 11.7 Å². The Bertz CT molecular complexity index is 1150. The van der Waals surface area contributed by atoms with Crippen LogP contribution in [0.25, 0.3) is 0 Å². The summed E-state index contributed by atoms with van der Waals surface area (Å²) in [5.41, 5.74) is 6.86. The van der Waals surface area contributed by atoms with Gasteiger partial charge in [-0.3, -0.25) is 9.59 Å². The lowest BCUT2D eigenvalue weighted by Crippen LogP contribution is -2.39. The van der Waals surface area contributed by atoms with Gasteiger partial charge in [-0.1, -0.05) is 12.1 Å². The van der Waals surface area contributed by atoms with Gasteiger partial charge >= 0.3 is 0 Å². The maximum Gasteiger partial charge on any atom is 0.259 e. The van der Waals surface area contributed by atoms with Crippen molar-refractivity contribution in [3.8, 4) is 0 Å². The van der Waals surface area contributed by atoms with Crippen molar-refractivity contribution < 1.29 is 14.0 Å². The highest BCUT2D eigenvalue weighted by atomic mass is 19.1. The Balaban J connectivity index is 1.56. The summed E-state index contributed by atoms with van der Waals surface area (Å²) in [5, 5.41) is 2.54. The lowest BCUT2D eigenvalue weighted by molar-refractivity contribution is 0.0598. The molecule has 0 spiro atoms. The molecule has 164 valence electrons. The molecule has 3 heterocycles. The number of likely N-dealkylation sites (tertiary alicyclic amines) is 1. The summed E-state index contributed by atoms with van der Waals surface area (Å²) >= 11 is 0. The third kappa shape index (κ3) is 4.41. The second kappa shape index (κ2) is 9.09. The topological polar surface area (TPSA) is 114 Å². The van der Waals surface area contributed by atoms with Crippen LogP contribution in [0.2, 0.25) is 0 Å². The van der Waals surface area contributed by atoms with Gasteiger partial charge in [-0.05, 0) is 50.5 Å². The minimum atomic E-state index is -0.524. The van der Waals surface area contributed by atoms with Crippen LogP contribution in [-0.2, 0) is 0 Å². The summed E-state index contributed by atoms with van der Waals surface area (Å²) in [7, 11) is 0. The first-order valence-electron chi connectivity index (χ1n) is 10.4. The second-order valence-corrected chi connectivity index (χ2v) is 7.64. The molecule has 0 saturated carbocycles. The van der Waals surface area contributed by atoms with E-state index in [9.17, 15) is 14.0 Å². The van der Waals surface area contributed by atoms with E-state index in [1.165, 1.54) is 24.5 Å². The number of piperidine rings is 1. The number of benzene rings is 1. The number of amides is 2. The Hall–Kier alpha value is -3.88. The molecule has 1 aromatic carbocycles. The minimum absolute atomic E-state index is 0.0853. The molecule has 1 atom stereocenters. The lowest BCUT2D eigenvalue weighted by Gasteiger charge is -2.35. The van der Waals surface area contributed by atoms with Crippen LogP contribution in [0.15, 0.2) is 48.8 Å². The number of aromatic nitrogens is 3. The van der Waals surface area contributed by atoms with E-state index in [4.69, 9.17) is 5.73 Å². The number of hydrogen-bond donors (Lipinski definition) is 2. The first-order valence-corrected chi connectivity index (χ1v) is 10.4. The normalized spacial score (nSPS) is 15.9. The zero-order valence-corrected chi connectivity index (χ0v) is 17.6. The Kier molecular flexibility index (Phi) is 6.07. The van der Waals surface area contributed by atoms with E-state index in [0.717, 1.165) is 12.8 Å². The van der Waals surface area contributed by atoms with Gasteiger partial charge in [0.15, 0.2) is 5.82 Å². The van der Waals surface area contributed by atoms with Gasteiger partial charge in [0, 0.05) is 18.9 Å². The first kappa shape index (κ1) is 21.4. The van der Waals surface area contributed by atoms with Gasteiger partial charge in [0.1, 0.15) is 11.6 Å². The third-order valence-electron chi connectivity index (χ3n) is 5.46. The number of pyridine rings is 1. The highest BCUT2D eigenvalue weighted by Crippen LogP contribution is 2.30. The summed E-state index contributed by atoms with van der Waals surface area (Å²) in [6, 6.07) is 8.87. The van der Waals surface area contributed by atoms with Crippen molar-refractivity contribution in [2.75, 3.05) is 17.6 Å². The molecule has 1 aliphatic rings. The number of hydrogen-bond acceptors (Lipinski definition) is 6. The summed E-state index contributed by atoms with van der Waals surface area (Å²) < 4.78 is 13.9. The quantitative estimate of drug-likeness (QED) is 0.649. The first-order chi connectivity index (χ1) is 15.4. The van der Waals surface area contributed by atoms with Gasteiger partial charge in [0.25, 0.3) is 11.8 Å². The fraction of sp³-hybridized carbons (Fsp3) is 0.261. The molecule has 1 fully saturated rings. The number of nitrogens with two attached hydrogens (primary N) is 1. The molecular weight excluding hydrogens is 411 g/mol. The van der Waals surface area contributed by atoms with Gasteiger partial charge in [-0.2, -0.15) is 0 Å². The van der Waals surface area contributed by atoms with Crippen LogP contribution >= 0.6 is 0 Å². The van der Waals surface area contributed by atoms with E-state index in [0.29, 0.717) is 35.9 Å². The largest absolute Gasteiger partial charge is 0.384 e. The number of para-hydroxylation sites is 1. The SMILES string of the molecule is Cc1nc([C@H]2CCCCN2C(=O)c2ccc(N)nc2)ncc1C(=O)Nc1ccccc1F. The lowest BCUT2D eigenvalue weighted by atomic mass is 10.00. The van der Waals surface area contributed by atoms with E-state index in [-0.39, 0.29) is 23.2 Å². The van der Waals surface area contributed by atoms with Crippen molar-refractivity contribution in [2.24, 2.45) is 0 Å². The number of halogens is 1. The number of anilines is 2. The van der Waals surface area contributed by atoms with Crippen molar-refractivity contribution in [1.29, 1.82) is 0 Å². The van der Waals surface area contributed by atoms with Crippen molar-refractivity contribution >= 4 is 23.3 Å². The molecule has 2 amide bonds. The molecule has 2 aromatic heterocycles. The van der Waals surface area contributed by atoms with Gasteiger partial charge in [0.05, 0.1) is 28.6 Å². The molecule has 3 aromatic rings. The number of nitrogen functional groups attached to an aromatic ring is 1. The van der Waals surface area contributed by atoms with Gasteiger partial charge < -0.3 is 16.0 Å². The number of aryl methyl sites for hydroxylation is 1. The number of carbonyl (C=O) groups excluding carboxylic acids is 2. The fourth-order valence-corrected chi connectivity index (χ4v) is 3.76. The smallest absolute Gasteiger partial charge is 0.259 e. The zero-order valence-electron chi connectivity index (χ0n) is 17.6. The highest BCUT2D eigenvalue weighted by molar-refractivity contribution is 6.04. The molecule has 3 N–H and O–H groups in total. The molecule has 4 rings (SSSR count). The number of nitrogens with one attached hydrogen (secondary N) is 1. The fourth-order valence-electron chi connectivity index (χ4n) is 3.76. The van der Waals surface area contributed by atoms with Crippen molar-refractivity contribution in [3.05, 3.63) is 77.3 Å². The second-order valence-electron chi connectivity index (χ2n) is 7.64. The molecule has 9 heteroatoms. The monoisotopic (exact) mass is 434 g/mol. The summed E-state index contributed by atoms with van der Waals surface area (Å²) in [5.74, 6) is -0.362. The van der Waals surface area contributed by atoms with Crippen LogP contribution in [-0.4, -0.2) is 38.2 Å². The van der Waals surface area contributed by atoms with Crippen molar-refractivity contribution in [3.63, 3.8) is 0 Å². The van der Waals surface area contributed by atoms with E-state index in [2.05, 4.69) is 20.3 Å². The third-order valence-corrected chi connectivity index (χ3v) is 5.46. The zero-order chi connectivity index (χ0) is 22.7. The van der Waals surface area contributed by atoms with Crippen LogP contribution in [0.3, 0.4) is 0 Å². The van der Waals surface area contributed by atoms with Gasteiger partial charge in [-0.25, -0.2) is 19.3 Å². The van der Waals surface area contributed by atoms with Crippen LogP contribution in [0.1, 0.15) is 57.5 Å². The maximum atomic E-state index is 13.9. The number of rotatable bonds is 4. The number of carbonyl (C=O) groups is 2. The summed E-state index contributed by atoms with van der Waals surface area (Å²) in [4.78, 5) is 40.4. The highest BCUT2D eigenvalue weighted by Gasteiger charge is 2.31.